The van der Waals surface area contributed by atoms with Gasteiger partial charge >= 0.3 is 6.18 Å². The van der Waals surface area contributed by atoms with E-state index in [-0.39, 0.29) is 11.3 Å². The maximum Gasteiger partial charge on any atom is 0.435 e. The molecule has 0 bridgehead atoms. The van der Waals surface area contributed by atoms with E-state index in [2.05, 4.69) is 10.2 Å². The summed E-state index contributed by atoms with van der Waals surface area (Å²) in [6.45, 7) is 0.973. The molecule has 0 N–H and O–H groups in total. The highest BCUT2D eigenvalue weighted by atomic mass is 19.4. The third-order valence-corrected chi connectivity index (χ3v) is 4.93. The molecule has 0 atom stereocenters. The topological polar surface area (TPSA) is 29.0 Å². The van der Waals surface area contributed by atoms with Gasteiger partial charge in [-0.05, 0) is 54.1 Å². The van der Waals surface area contributed by atoms with E-state index in [1.807, 2.05) is 11.9 Å². The van der Waals surface area contributed by atoms with E-state index in [9.17, 15) is 22.0 Å². The summed E-state index contributed by atoms with van der Waals surface area (Å²) in [5, 5.41) is 6.96. The minimum absolute atomic E-state index is 0.101. The minimum Gasteiger partial charge on any atom is -0.298 e. The smallest absolute Gasteiger partial charge is 0.298 e. The van der Waals surface area contributed by atoms with E-state index in [1.54, 1.807) is 24.3 Å². The molecule has 0 fully saturated rings. The predicted molar refractivity (Wildman–Crippen MR) is 102 cm³/mol. The molecule has 0 radical (unpaired) electrons. The lowest BCUT2D eigenvalue weighted by Crippen LogP contribution is -2.16. The molecule has 0 amide bonds. The SMILES string of the molecule is CN1CC=C(c2c(F)cccc2F)c2ccc(-c3ccc(C(F)(F)F)nn3)cc2C1. The van der Waals surface area contributed by atoms with Gasteiger partial charge in [0.2, 0.25) is 0 Å². The zero-order valence-corrected chi connectivity index (χ0v) is 15.8. The number of hydrogen-bond acceptors (Lipinski definition) is 3. The Morgan fingerprint density at radius 3 is 2.30 bits per heavy atom. The average molecular weight is 417 g/mol. The van der Waals surface area contributed by atoms with Gasteiger partial charge in [-0.25, -0.2) is 8.78 Å². The first kappa shape index (κ1) is 20.2. The van der Waals surface area contributed by atoms with Crippen molar-refractivity contribution in [3.05, 3.63) is 88.6 Å². The van der Waals surface area contributed by atoms with Crippen LogP contribution in [0.15, 0.2) is 54.6 Å². The van der Waals surface area contributed by atoms with Crippen LogP contribution in [0.25, 0.3) is 16.8 Å². The van der Waals surface area contributed by atoms with Crippen LogP contribution in [0.4, 0.5) is 22.0 Å². The molecule has 154 valence electrons. The van der Waals surface area contributed by atoms with E-state index in [1.165, 1.54) is 24.3 Å². The van der Waals surface area contributed by atoms with Crippen molar-refractivity contribution >= 4 is 5.57 Å². The van der Waals surface area contributed by atoms with E-state index >= 15 is 0 Å². The molecule has 0 spiro atoms. The number of likely N-dealkylation sites (N-methyl/N-ethyl adjacent to an activating group) is 1. The van der Waals surface area contributed by atoms with E-state index in [0.717, 1.165) is 11.6 Å². The van der Waals surface area contributed by atoms with Crippen molar-refractivity contribution in [1.29, 1.82) is 0 Å². The van der Waals surface area contributed by atoms with Gasteiger partial charge in [0, 0.05) is 18.7 Å². The first-order valence-corrected chi connectivity index (χ1v) is 9.12. The highest BCUT2D eigenvalue weighted by Crippen LogP contribution is 2.35. The van der Waals surface area contributed by atoms with Crippen molar-refractivity contribution in [2.75, 3.05) is 13.6 Å². The summed E-state index contributed by atoms with van der Waals surface area (Å²) in [6, 6.07) is 11.0. The van der Waals surface area contributed by atoms with Gasteiger partial charge in [0.15, 0.2) is 5.69 Å². The fraction of sp³-hybridized carbons (Fsp3) is 0.182. The number of nitrogens with zero attached hydrogens (tertiary/aromatic N) is 3. The number of hydrogen-bond donors (Lipinski definition) is 0. The molecule has 0 saturated heterocycles. The van der Waals surface area contributed by atoms with Crippen LogP contribution in [0, 0.1) is 11.6 Å². The second-order valence-electron chi connectivity index (χ2n) is 7.08. The Kier molecular flexibility index (Phi) is 5.11. The number of aromatic nitrogens is 2. The van der Waals surface area contributed by atoms with Gasteiger partial charge in [-0.2, -0.15) is 13.2 Å². The van der Waals surface area contributed by atoms with E-state index in [4.69, 9.17) is 0 Å². The fourth-order valence-corrected chi connectivity index (χ4v) is 3.49. The minimum atomic E-state index is -4.56. The molecule has 4 rings (SSSR count). The van der Waals surface area contributed by atoms with Crippen LogP contribution in [-0.2, 0) is 12.7 Å². The first-order chi connectivity index (χ1) is 14.2. The van der Waals surface area contributed by atoms with E-state index in [0.29, 0.717) is 29.8 Å². The number of benzene rings is 2. The Bertz CT molecular complexity index is 1100. The Labute approximate surface area is 169 Å². The number of alkyl halides is 3. The summed E-state index contributed by atoms with van der Waals surface area (Å²) in [5.74, 6) is -1.32. The summed E-state index contributed by atoms with van der Waals surface area (Å²) in [6.07, 6.45) is -2.80. The lowest BCUT2D eigenvalue weighted by atomic mass is 9.91. The van der Waals surface area contributed by atoms with Crippen LogP contribution >= 0.6 is 0 Å². The molecule has 8 heteroatoms. The third kappa shape index (κ3) is 3.82. The highest BCUT2D eigenvalue weighted by molar-refractivity contribution is 5.83. The zero-order chi connectivity index (χ0) is 21.5. The van der Waals surface area contributed by atoms with Crippen LogP contribution in [0.1, 0.15) is 22.4 Å². The van der Waals surface area contributed by atoms with Gasteiger partial charge < -0.3 is 0 Å². The van der Waals surface area contributed by atoms with Crippen LogP contribution < -0.4 is 0 Å². The number of fused-ring (bicyclic) bond motifs is 1. The summed E-state index contributed by atoms with van der Waals surface area (Å²) in [4.78, 5) is 1.97. The first-order valence-electron chi connectivity index (χ1n) is 9.12. The van der Waals surface area contributed by atoms with Crippen molar-refractivity contribution in [3.8, 4) is 11.3 Å². The standard InChI is InChI=1S/C22H16F5N3/c1-30-10-9-16(21-17(23)3-2-4-18(21)24)15-6-5-13(11-14(15)12-30)19-7-8-20(29-28-19)22(25,26)27/h2-9,11H,10,12H2,1H3. The lowest BCUT2D eigenvalue weighted by molar-refractivity contribution is -0.141. The molecule has 3 aromatic rings. The van der Waals surface area contributed by atoms with E-state index < -0.39 is 23.5 Å². The van der Waals surface area contributed by atoms with Gasteiger partial charge in [0.1, 0.15) is 11.6 Å². The molecule has 0 aliphatic carbocycles. The summed E-state index contributed by atoms with van der Waals surface area (Å²) in [5.41, 5.74) is 1.56. The molecule has 30 heavy (non-hydrogen) atoms. The van der Waals surface area contributed by atoms with Gasteiger partial charge in [0.25, 0.3) is 0 Å². The Hall–Kier alpha value is -3.13. The van der Waals surface area contributed by atoms with Gasteiger partial charge in [0.05, 0.1) is 11.3 Å². The van der Waals surface area contributed by atoms with Crippen molar-refractivity contribution in [1.82, 2.24) is 15.1 Å². The molecule has 1 aromatic heterocycles. The zero-order valence-electron chi connectivity index (χ0n) is 15.8. The molecule has 2 heterocycles. The van der Waals surface area contributed by atoms with Crippen LogP contribution in [0.2, 0.25) is 0 Å². The van der Waals surface area contributed by atoms with Crippen molar-refractivity contribution in [3.63, 3.8) is 0 Å². The highest BCUT2D eigenvalue weighted by Gasteiger charge is 2.33. The largest absolute Gasteiger partial charge is 0.435 e. The van der Waals surface area contributed by atoms with Crippen LogP contribution in [-0.4, -0.2) is 28.7 Å². The quantitative estimate of drug-likeness (QED) is 0.529. The average Bonchev–Trinajstić information content (AvgIpc) is 2.85. The molecule has 0 saturated carbocycles. The maximum absolute atomic E-state index is 14.4. The third-order valence-electron chi connectivity index (χ3n) is 4.93. The van der Waals surface area contributed by atoms with Crippen LogP contribution in [0.3, 0.4) is 0 Å². The predicted octanol–water partition coefficient (Wildman–Crippen LogP) is 5.32. The second-order valence-corrected chi connectivity index (χ2v) is 7.08. The molecule has 1 aliphatic rings. The molecular weight excluding hydrogens is 401 g/mol. The van der Waals surface area contributed by atoms with Gasteiger partial charge in [-0.15, -0.1) is 10.2 Å². The Morgan fingerprint density at radius 2 is 1.67 bits per heavy atom. The van der Waals surface area contributed by atoms with Crippen molar-refractivity contribution < 1.29 is 22.0 Å². The number of halogens is 5. The summed E-state index contributed by atoms with van der Waals surface area (Å²) in [7, 11) is 1.87. The molecule has 3 nitrogen and oxygen atoms in total. The fourth-order valence-electron chi connectivity index (χ4n) is 3.49. The molecule has 1 aliphatic heterocycles. The number of rotatable bonds is 2. The molecule has 0 unspecified atom stereocenters. The Morgan fingerprint density at radius 1 is 0.933 bits per heavy atom. The summed E-state index contributed by atoms with van der Waals surface area (Å²) < 4.78 is 67.1. The monoisotopic (exact) mass is 417 g/mol. The summed E-state index contributed by atoms with van der Waals surface area (Å²) >= 11 is 0. The normalized spacial score (nSPS) is 14.8. The lowest BCUT2D eigenvalue weighted by Gasteiger charge is -2.16. The Balaban J connectivity index is 1.79. The molecular formula is C22H16F5N3. The van der Waals surface area contributed by atoms with Crippen molar-refractivity contribution in [2.24, 2.45) is 0 Å². The van der Waals surface area contributed by atoms with Crippen molar-refractivity contribution in [2.45, 2.75) is 12.7 Å². The van der Waals surface area contributed by atoms with Crippen LogP contribution in [0.5, 0.6) is 0 Å². The van der Waals surface area contributed by atoms with Gasteiger partial charge in [-0.3, -0.25) is 4.90 Å². The molecule has 2 aromatic carbocycles. The second kappa shape index (κ2) is 7.60. The maximum atomic E-state index is 14.4. The van der Waals surface area contributed by atoms with Gasteiger partial charge in [-0.1, -0.05) is 24.3 Å².